The lowest BCUT2D eigenvalue weighted by molar-refractivity contribution is 0.0460. The highest BCUT2D eigenvalue weighted by Gasteiger charge is 2.34. The Kier molecular flexibility index (Phi) is 4.70. The number of likely N-dealkylation sites (tertiary alicyclic amines) is 1. The molecular weight excluding hydrogens is 356 g/mol. The summed E-state index contributed by atoms with van der Waals surface area (Å²) in [6, 6.07) is 15.9. The Labute approximate surface area is 163 Å². The molecule has 4 nitrogen and oxygen atoms in total. The number of benzene rings is 2. The molecule has 1 fully saturated rings. The molecule has 4 rings (SSSR count). The van der Waals surface area contributed by atoms with E-state index >= 15 is 0 Å². The van der Waals surface area contributed by atoms with E-state index in [1.54, 1.807) is 18.4 Å². The summed E-state index contributed by atoms with van der Waals surface area (Å²) in [5.41, 5.74) is 3.88. The van der Waals surface area contributed by atoms with E-state index in [1.165, 1.54) is 4.88 Å². The molecule has 1 amide bonds. The van der Waals surface area contributed by atoms with Gasteiger partial charge in [-0.25, -0.2) is 4.98 Å². The van der Waals surface area contributed by atoms with Crippen molar-refractivity contribution in [3.63, 3.8) is 0 Å². The molecule has 1 aliphatic rings. The third-order valence-corrected chi connectivity index (χ3v) is 6.27. The molecule has 0 bridgehead atoms. The molecule has 1 saturated heterocycles. The van der Waals surface area contributed by atoms with E-state index in [0.29, 0.717) is 5.56 Å². The van der Waals surface area contributed by atoms with Crippen LogP contribution in [0.2, 0.25) is 0 Å². The van der Waals surface area contributed by atoms with E-state index in [9.17, 15) is 4.79 Å². The SMILES string of the molecule is COc1cccc(C2CCN2C(=O)c2cccc(-c3nc(C)c(C)s3)c2)c1. The summed E-state index contributed by atoms with van der Waals surface area (Å²) in [7, 11) is 1.66. The Bertz CT molecular complexity index is 976. The van der Waals surface area contributed by atoms with Crippen molar-refractivity contribution in [2.75, 3.05) is 13.7 Å². The van der Waals surface area contributed by atoms with Crippen LogP contribution in [0.15, 0.2) is 48.5 Å². The van der Waals surface area contributed by atoms with Crippen LogP contribution in [0, 0.1) is 13.8 Å². The number of thiazole rings is 1. The number of aryl methyl sites for hydroxylation is 2. The molecule has 3 aromatic rings. The van der Waals surface area contributed by atoms with Crippen molar-refractivity contribution in [1.82, 2.24) is 9.88 Å². The first-order chi connectivity index (χ1) is 13.1. The summed E-state index contributed by atoms with van der Waals surface area (Å²) in [6.45, 7) is 4.87. The zero-order valence-electron chi connectivity index (χ0n) is 15.7. The summed E-state index contributed by atoms with van der Waals surface area (Å²) in [5.74, 6) is 0.893. The van der Waals surface area contributed by atoms with Gasteiger partial charge >= 0.3 is 0 Å². The number of aromatic nitrogens is 1. The first-order valence-electron chi connectivity index (χ1n) is 9.06. The lowest BCUT2D eigenvalue weighted by Crippen LogP contribution is -2.45. The summed E-state index contributed by atoms with van der Waals surface area (Å²) in [6.07, 6.45) is 0.976. The molecule has 1 unspecified atom stereocenters. The second-order valence-corrected chi connectivity index (χ2v) is 8.02. The van der Waals surface area contributed by atoms with Crippen LogP contribution in [0.4, 0.5) is 0 Å². The number of hydrogen-bond donors (Lipinski definition) is 0. The zero-order valence-corrected chi connectivity index (χ0v) is 16.5. The first-order valence-corrected chi connectivity index (χ1v) is 9.88. The van der Waals surface area contributed by atoms with Gasteiger partial charge < -0.3 is 9.64 Å². The molecule has 0 N–H and O–H groups in total. The second-order valence-electron chi connectivity index (χ2n) is 6.82. The maximum Gasteiger partial charge on any atom is 0.254 e. The fourth-order valence-corrected chi connectivity index (χ4v) is 4.28. The van der Waals surface area contributed by atoms with Crippen molar-refractivity contribution >= 4 is 17.2 Å². The second kappa shape index (κ2) is 7.16. The van der Waals surface area contributed by atoms with Gasteiger partial charge in [0, 0.05) is 22.5 Å². The Morgan fingerprint density at radius 1 is 1.19 bits per heavy atom. The van der Waals surface area contributed by atoms with E-state index in [-0.39, 0.29) is 11.9 Å². The molecule has 138 valence electrons. The zero-order chi connectivity index (χ0) is 19.0. The quantitative estimate of drug-likeness (QED) is 0.640. The topological polar surface area (TPSA) is 42.4 Å². The smallest absolute Gasteiger partial charge is 0.254 e. The minimum absolute atomic E-state index is 0.0703. The van der Waals surface area contributed by atoms with Crippen LogP contribution in [0.1, 0.15) is 39.0 Å². The fraction of sp³-hybridized carbons (Fsp3) is 0.273. The lowest BCUT2D eigenvalue weighted by atomic mass is 9.93. The summed E-state index contributed by atoms with van der Waals surface area (Å²) >= 11 is 1.67. The largest absolute Gasteiger partial charge is 0.497 e. The van der Waals surface area contributed by atoms with E-state index in [4.69, 9.17) is 4.74 Å². The predicted octanol–water partition coefficient (Wildman–Crippen LogP) is 5.02. The summed E-state index contributed by atoms with van der Waals surface area (Å²) in [4.78, 5) is 20.9. The van der Waals surface area contributed by atoms with Gasteiger partial charge in [-0.3, -0.25) is 4.79 Å². The van der Waals surface area contributed by atoms with Gasteiger partial charge in [-0.2, -0.15) is 0 Å². The predicted molar refractivity (Wildman–Crippen MR) is 108 cm³/mol. The van der Waals surface area contributed by atoms with Crippen LogP contribution in [-0.2, 0) is 0 Å². The molecule has 0 aliphatic carbocycles. The van der Waals surface area contributed by atoms with Gasteiger partial charge in [-0.1, -0.05) is 24.3 Å². The molecule has 5 heteroatoms. The molecule has 0 saturated carbocycles. The normalized spacial score (nSPS) is 16.1. The van der Waals surface area contributed by atoms with Crippen LogP contribution in [0.5, 0.6) is 5.75 Å². The van der Waals surface area contributed by atoms with Crippen molar-refractivity contribution in [3.05, 3.63) is 70.2 Å². The molecule has 2 heterocycles. The Morgan fingerprint density at radius 2 is 2.00 bits per heavy atom. The van der Waals surface area contributed by atoms with Gasteiger partial charge in [0.1, 0.15) is 10.8 Å². The van der Waals surface area contributed by atoms with Gasteiger partial charge in [0.05, 0.1) is 18.8 Å². The standard InChI is InChI=1S/C22H22N2O2S/c1-14-15(2)27-21(23-14)17-7-4-8-18(12-17)22(25)24-11-10-20(24)16-6-5-9-19(13-16)26-3/h4-9,12-13,20H,10-11H2,1-3H3. The number of carbonyl (C=O) groups is 1. The Hall–Kier alpha value is -2.66. The van der Waals surface area contributed by atoms with Crippen LogP contribution < -0.4 is 4.74 Å². The first kappa shape index (κ1) is 17.7. The number of nitrogens with zero attached hydrogens (tertiary/aromatic N) is 2. The number of amides is 1. The van der Waals surface area contributed by atoms with Crippen LogP contribution in [0.3, 0.4) is 0 Å². The monoisotopic (exact) mass is 378 g/mol. The van der Waals surface area contributed by atoms with E-state index in [2.05, 4.69) is 18.0 Å². The molecule has 0 spiro atoms. The molecule has 1 atom stereocenters. The van der Waals surface area contributed by atoms with Crippen molar-refractivity contribution in [2.45, 2.75) is 26.3 Å². The molecule has 1 aliphatic heterocycles. The molecule has 1 aromatic heterocycles. The van der Waals surface area contributed by atoms with Gasteiger partial charge in [0.2, 0.25) is 0 Å². The molecule has 2 aromatic carbocycles. The van der Waals surface area contributed by atoms with Crippen molar-refractivity contribution in [1.29, 1.82) is 0 Å². The highest BCUT2D eigenvalue weighted by molar-refractivity contribution is 7.15. The highest BCUT2D eigenvalue weighted by Crippen LogP contribution is 2.36. The van der Waals surface area contributed by atoms with Crippen LogP contribution in [-0.4, -0.2) is 29.4 Å². The Balaban J connectivity index is 1.58. The molecule has 0 radical (unpaired) electrons. The average molecular weight is 378 g/mol. The Morgan fingerprint density at radius 3 is 2.67 bits per heavy atom. The number of rotatable bonds is 4. The summed E-state index contributed by atoms with van der Waals surface area (Å²) in [5, 5.41) is 0.965. The minimum Gasteiger partial charge on any atom is -0.497 e. The lowest BCUT2D eigenvalue weighted by Gasteiger charge is -2.41. The molecule has 27 heavy (non-hydrogen) atoms. The van der Waals surface area contributed by atoms with Gasteiger partial charge in [0.15, 0.2) is 0 Å². The van der Waals surface area contributed by atoms with Crippen molar-refractivity contribution in [3.8, 4) is 16.3 Å². The number of carbonyl (C=O) groups excluding carboxylic acids is 1. The van der Waals surface area contributed by atoms with Gasteiger partial charge in [-0.15, -0.1) is 11.3 Å². The van der Waals surface area contributed by atoms with Gasteiger partial charge in [-0.05, 0) is 50.1 Å². The number of hydrogen-bond acceptors (Lipinski definition) is 4. The van der Waals surface area contributed by atoms with Gasteiger partial charge in [0.25, 0.3) is 5.91 Å². The van der Waals surface area contributed by atoms with Crippen LogP contribution >= 0.6 is 11.3 Å². The highest BCUT2D eigenvalue weighted by atomic mass is 32.1. The fourth-order valence-electron chi connectivity index (χ4n) is 3.37. The van der Waals surface area contributed by atoms with Crippen molar-refractivity contribution in [2.24, 2.45) is 0 Å². The number of ether oxygens (including phenoxy) is 1. The van der Waals surface area contributed by atoms with E-state index in [1.807, 2.05) is 54.3 Å². The maximum atomic E-state index is 13.1. The third kappa shape index (κ3) is 3.35. The van der Waals surface area contributed by atoms with Crippen molar-refractivity contribution < 1.29 is 9.53 Å². The molecular formula is C22H22N2O2S. The summed E-state index contributed by atoms with van der Waals surface area (Å²) < 4.78 is 5.32. The maximum absolute atomic E-state index is 13.1. The number of methoxy groups -OCH3 is 1. The van der Waals surface area contributed by atoms with Crippen LogP contribution in [0.25, 0.3) is 10.6 Å². The average Bonchev–Trinajstić information content (AvgIpc) is 3.00. The van der Waals surface area contributed by atoms with E-state index in [0.717, 1.165) is 40.5 Å². The third-order valence-electron chi connectivity index (χ3n) is 5.14. The van der Waals surface area contributed by atoms with E-state index < -0.39 is 0 Å². The minimum atomic E-state index is 0.0703.